The summed E-state index contributed by atoms with van der Waals surface area (Å²) in [5, 5.41) is 11.7. The Kier molecular flexibility index (Phi) is 3.97. The number of benzene rings is 2. The molecule has 2 N–H and O–H groups in total. The standard InChI is InChI=1S/C17H15FN2O3/c18-14-8-11(6-7-13(14)12-4-2-1-3-5-12)10-20(17(22)23)15-9-19-16(15)21/h1-8,15H,9-10H2,(H,19,21)(H,22,23)/t15-/m0/s1. The molecule has 118 valence electrons. The zero-order valence-corrected chi connectivity index (χ0v) is 12.2. The van der Waals surface area contributed by atoms with E-state index < -0.39 is 18.0 Å². The minimum atomic E-state index is -1.20. The van der Waals surface area contributed by atoms with E-state index in [1.807, 2.05) is 18.2 Å². The van der Waals surface area contributed by atoms with Gasteiger partial charge in [0.2, 0.25) is 5.91 Å². The normalized spacial score (nSPS) is 16.4. The number of carbonyl (C=O) groups excluding carboxylic acids is 1. The van der Waals surface area contributed by atoms with Gasteiger partial charge in [0.05, 0.1) is 6.54 Å². The first-order valence-electron chi connectivity index (χ1n) is 7.17. The lowest BCUT2D eigenvalue weighted by Crippen LogP contribution is -2.62. The molecule has 23 heavy (non-hydrogen) atoms. The Morgan fingerprint density at radius 3 is 2.52 bits per heavy atom. The molecule has 0 saturated carbocycles. The Hall–Kier alpha value is -2.89. The first kappa shape index (κ1) is 15.0. The molecule has 0 bridgehead atoms. The van der Waals surface area contributed by atoms with Crippen LogP contribution >= 0.6 is 0 Å². The van der Waals surface area contributed by atoms with Crippen molar-refractivity contribution in [3.05, 3.63) is 59.9 Å². The van der Waals surface area contributed by atoms with Crippen molar-refractivity contribution in [3.8, 4) is 11.1 Å². The summed E-state index contributed by atoms with van der Waals surface area (Å²) < 4.78 is 14.3. The predicted octanol–water partition coefficient (Wildman–Crippen LogP) is 2.47. The molecule has 2 amide bonds. The summed E-state index contributed by atoms with van der Waals surface area (Å²) in [6, 6.07) is 13.0. The van der Waals surface area contributed by atoms with Crippen molar-refractivity contribution in [1.82, 2.24) is 10.2 Å². The fourth-order valence-corrected chi connectivity index (χ4v) is 2.55. The predicted molar refractivity (Wildman–Crippen MR) is 82.2 cm³/mol. The van der Waals surface area contributed by atoms with Crippen LogP contribution in [0.5, 0.6) is 0 Å². The van der Waals surface area contributed by atoms with E-state index in [9.17, 15) is 19.1 Å². The molecule has 0 aromatic heterocycles. The number of nitrogens with one attached hydrogen (secondary N) is 1. The van der Waals surface area contributed by atoms with Crippen LogP contribution in [0.15, 0.2) is 48.5 Å². The van der Waals surface area contributed by atoms with Gasteiger partial charge in [-0.3, -0.25) is 9.69 Å². The van der Waals surface area contributed by atoms with Crippen molar-refractivity contribution >= 4 is 12.0 Å². The molecule has 5 nitrogen and oxygen atoms in total. The fraction of sp³-hybridized carbons (Fsp3) is 0.176. The van der Waals surface area contributed by atoms with E-state index in [2.05, 4.69) is 5.32 Å². The van der Waals surface area contributed by atoms with Gasteiger partial charge in [-0.2, -0.15) is 0 Å². The van der Waals surface area contributed by atoms with Crippen LogP contribution in [0.25, 0.3) is 11.1 Å². The number of β-lactam (4-membered cyclic amide) rings is 1. The van der Waals surface area contributed by atoms with Gasteiger partial charge in [0.25, 0.3) is 0 Å². The zero-order chi connectivity index (χ0) is 16.4. The van der Waals surface area contributed by atoms with Crippen molar-refractivity contribution in [3.63, 3.8) is 0 Å². The van der Waals surface area contributed by atoms with Gasteiger partial charge in [0.15, 0.2) is 0 Å². The lowest BCUT2D eigenvalue weighted by Gasteiger charge is -2.34. The molecular formula is C17H15FN2O3. The fourth-order valence-electron chi connectivity index (χ4n) is 2.55. The number of hydrogen-bond donors (Lipinski definition) is 2. The third-order valence-corrected chi connectivity index (χ3v) is 3.87. The summed E-state index contributed by atoms with van der Waals surface area (Å²) in [6.45, 7) is 0.259. The third kappa shape index (κ3) is 3.01. The van der Waals surface area contributed by atoms with E-state index >= 15 is 0 Å². The topological polar surface area (TPSA) is 69.6 Å². The van der Waals surface area contributed by atoms with Gasteiger partial charge in [0.1, 0.15) is 11.9 Å². The van der Waals surface area contributed by atoms with Gasteiger partial charge in [0, 0.05) is 12.1 Å². The zero-order valence-electron chi connectivity index (χ0n) is 12.2. The second kappa shape index (κ2) is 6.08. The Morgan fingerprint density at radius 1 is 1.26 bits per heavy atom. The molecule has 1 aliphatic heterocycles. The number of nitrogens with zero attached hydrogens (tertiary/aromatic N) is 1. The van der Waals surface area contributed by atoms with Crippen molar-refractivity contribution in [2.24, 2.45) is 0 Å². The van der Waals surface area contributed by atoms with Crippen LogP contribution in [0.3, 0.4) is 0 Å². The molecule has 2 aromatic carbocycles. The van der Waals surface area contributed by atoms with Crippen LogP contribution in [-0.4, -0.2) is 34.6 Å². The number of hydrogen-bond acceptors (Lipinski definition) is 2. The lowest BCUT2D eigenvalue weighted by atomic mass is 10.0. The van der Waals surface area contributed by atoms with Crippen molar-refractivity contribution in [2.45, 2.75) is 12.6 Å². The minimum absolute atomic E-state index is 0.0284. The van der Waals surface area contributed by atoms with Crippen LogP contribution < -0.4 is 5.32 Å². The molecule has 0 spiro atoms. The monoisotopic (exact) mass is 314 g/mol. The summed E-state index contributed by atoms with van der Waals surface area (Å²) in [4.78, 5) is 23.7. The van der Waals surface area contributed by atoms with Gasteiger partial charge >= 0.3 is 6.09 Å². The molecule has 1 heterocycles. The van der Waals surface area contributed by atoms with Gasteiger partial charge in [-0.15, -0.1) is 0 Å². The van der Waals surface area contributed by atoms with Gasteiger partial charge < -0.3 is 10.4 Å². The highest BCUT2D eigenvalue weighted by Crippen LogP contribution is 2.24. The van der Waals surface area contributed by atoms with Crippen LogP contribution in [-0.2, 0) is 11.3 Å². The number of halogens is 1. The number of carboxylic acid groups (broad SMARTS) is 1. The summed E-state index contributed by atoms with van der Waals surface area (Å²) in [5.74, 6) is -0.745. The largest absolute Gasteiger partial charge is 0.465 e. The summed E-state index contributed by atoms with van der Waals surface area (Å²) in [6.07, 6.45) is -1.20. The Morgan fingerprint density at radius 2 is 2.00 bits per heavy atom. The highest BCUT2D eigenvalue weighted by atomic mass is 19.1. The van der Waals surface area contributed by atoms with E-state index in [4.69, 9.17) is 0 Å². The smallest absolute Gasteiger partial charge is 0.408 e. The second-order valence-corrected chi connectivity index (χ2v) is 5.35. The van der Waals surface area contributed by atoms with Crippen LogP contribution in [0.1, 0.15) is 5.56 Å². The van der Waals surface area contributed by atoms with Crippen LogP contribution in [0.4, 0.5) is 9.18 Å². The maximum atomic E-state index is 14.3. The summed E-state index contributed by atoms with van der Waals surface area (Å²) in [7, 11) is 0. The number of rotatable bonds is 4. The van der Waals surface area contributed by atoms with Gasteiger partial charge in [-0.05, 0) is 17.2 Å². The quantitative estimate of drug-likeness (QED) is 0.852. The van der Waals surface area contributed by atoms with Crippen LogP contribution in [0, 0.1) is 5.82 Å². The molecule has 0 aliphatic carbocycles. The molecule has 6 heteroatoms. The first-order valence-corrected chi connectivity index (χ1v) is 7.17. The Balaban J connectivity index is 1.82. The second-order valence-electron chi connectivity index (χ2n) is 5.35. The SMILES string of the molecule is O=C1NC[C@@H]1N(Cc1ccc(-c2ccccc2)c(F)c1)C(=O)O. The van der Waals surface area contributed by atoms with Crippen LogP contribution in [0.2, 0.25) is 0 Å². The van der Waals surface area contributed by atoms with Crippen molar-refractivity contribution in [1.29, 1.82) is 0 Å². The molecule has 1 fully saturated rings. The van der Waals surface area contributed by atoms with E-state index in [1.165, 1.54) is 6.07 Å². The molecule has 3 rings (SSSR count). The van der Waals surface area contributed by atoms with Gasteiger partial charge in [-0.1, -0.05) is 42.5 Å². The van der Waals surface area contributed by atoms with Crippen molar-refractivity contribution in [2.75, 3.05) is 6.54 Å². The Bertz CT molecular complexity index is 749. The molecular weight excluding hydrogens is 299 g/mol. The average Bonchev–Trinajstić information content (AvgIpc) is 2.53. The summed E-state index contributed by atoms with van der Waals surface area (Å²) in [5.41, 5.74) is 1.71. The maximum Gasteiger partial charge on any atom is 0.408 e. The minimum Gasteiger partial charge on any atom is -0.465 e. The molecule has 0 radical (unpaired) electrons. The molecule has 1 aliphatic rings. The Labute approximate surface area is 132 Å². The first-order chi connectivity index (χ1) is 11.1. The molecule has 2 aromatic rings. The number of amides is 2. The lowest BCUT2D eigenvalue weighted by molar-refractivity contribution is -0.132. The highest BCUT2D eigenvalue weighted by molar-refractivity contribution is 5.90. The third-order valence-electron chi connectivity index (χ3n) is 3.87. The molecule has 1 atom stereocenters. The van der Waals surface area contributed by atoms with E-state index in [-0.39, 0.29) is 19.0 Å². The highest BCUT2D eigenvalue weighted by Gasteiger charge is 2.36. The molecule has 0 unspecified atom stereocenters. The summed E-state index contributed by atoms with van der Waals surface area (Å²) >= 11 is 0. The number of carbonyl (C=O) groups is 2. The maximum absolute atomic E-state index is 14.3. The molecule has 1 saturated heterocycles. The van der Waals surface area contributed by atoms with E-state index in [1.54, 1.807) is 24.3 Å². The van der Waals surface area contributed by atoms with E-state index in [0.29, 0.717) is 11.1 Å². The van der Waals surface area contributed by atoms with Gasteiger partial charge in [-0.25, -0.2) is 9.18 Å². The van der Waals surface area contributed by atoms with Crippen molar-refractivity contribution < 1.29 is 19.1 Å². The van der Waals surface area contributed by atoms with E-state index in [0.717, 1.165) is 10.5 Å². The average molecular weight is 314 g/mol.